The molecular weight excluding hydrogens is 338 g/mol. The molecule has 0 radical (unpaired) electrons. The molecule has 2 rings (SSSR count). The summed E-state index contributed by atoms with van der Waals surface area (Å²) in [5.74, 6) is -1.01. The van der Waals surface area contributed by atoms with Gasteiger partial charge in [0.1, 0.15) is 5.75 Å². The topological polar surface area (TPSA) is 26.3 Å². The van der Waals surface area contributed by atoms with Crippen LogP contribution in [-0.4, -0.2) is 12.4 Å². The lowest BCUT2D eigenvalue weighted by molar-refractivity contribution is 0.103. The molecule has 2 aromatic carbocycles. The van der Waals surface area contributed by atoms with Crippen LogP contribution in [0, 0.1) is 5.82 Å². The van der Waals surface area contributed by atoms with E-state index in [0.717, 1.165) is 0 Å². The van der Waals surface area contributed by atoms with Gasteiger partial charge >= 0.3 is 0 Å². The van der Waals surface area contributed by atoms with Crippen molar-refractivity contribution in [1.29, 1.82) is 0 Å². The van der Waals surface area contributed by atoms with Crippen molar-refractivity contribution in [3.8, 4) is 5.75 Å². The van der Waals surface area contributed by atoms with E-state index in [9.17, 15) is 9.18 Å². The Bertz CT molecular complexity index is 702. The Hall–Kier alpha value is -1.29. The molecule has 2 nitrogen and oxygen atoms in total. The molecule has 6 heteroatoms. The Morgan fingerprint density at radius 2 is 1.81 bits per heavy atom. The fraction of sp³-hybridized carbons (Fsp3) is 0.133. The molecule has 0 saturated heterocycles. The molecule has 2 aromatic rings. The fourth-order valence-corrected chi connectivity index (χ4v) is 2.43. The van der Waals surface area contributed by atoms with Crippen molar-refractivity contribution in [2.45, 2.75) is 6.92 Å². The highest BCUT2D eigenvalue weighted by Gasteiger charge is 2.20. The van der Waals surface area contributed by atoms with Crippen LogP contribution in [-0.2, 0) is 0 Å². The molecule has 0 unspecified atom stereocenters. The number of ether oxygens (including phenoxy) is 1. The molecule has 0 aliphatic carbocycles. The Labute approximate surface area is 136 Å². The number of benzene rings is 2. The average molecular weight is 348 g/mol. The predicted octanol–water partition coefficient (Wildman–Crippen LogP) is 5.42. The Morgan fingerprint density at radius 1 is 1.10 bits per heavy atom. The van der Waals surface area contributed by atoms with E-state index < -0.39 is 11.6 Å². The summed E-state index contributed by atoms with van der Waals surface area (Å²) in [5.41, 5.74) is -0.0732. The minimum atomic E-state index is -0.787. The quantitative estimate of drug-likeness (QED) is 0.691. The van der Waals surface area contributed by atoms with Crippen LogP contribution in [0.15, 0.2) is 30.3 Å². The zero-order valence-corrected chi connectivity index (χ0v) is 13.2. The van der Waals surface area contributed by atoms with Crippen LogP contribution >= 0.6 is 34.8 Å². The Balaban J connectivity index is 2.49. The first-order chi connectivity index (χ1) is 9.95. The number of carbonyl (C=O) groups excluding carboxylic acids is 1. The van der Waals surface area contributed by atoms with Crippen LogP contribution < -0.4 is 4.74 Å². The zero-order chi connectivity index (χ0) is 15.6. The van der Waals surface area contributed by atoms with Crippen LogP contribution in [0.1, 0.15) is 22.8 Å². The Morgan fingerprint density at radius 3 is 2.48 bits per heavy atom. The van der Waals surface area contributed by atoms with Crippen molar-refractivity contribution in [2.75, 3.05) is 6.61 Å². The third-order valence-corrected chi connectivity index (χ3v) is 3.66. The molecule has 21 heavy (non-hydrogen) atoms. The number of hydrogen-bond acceptors (Lipinski definition) is 2. The third kappa shape index (κ3) is 3.31. The molecule has 0 bridgehead atoms. The second kappa shape index (κ2) is 6.65. The number of carbonyl (C=O) groups is 1. The molecule has 0 heterocycles. The van der Waals surface area contributed by atoms with Crippen molar-refractivity contribution in [3.05, 3.63) is 62.3 Å². The lowest BCUT2D eigenvalue weighted by Gasteiger charge is -2.10. The summed E-state index contributed by atoms with van der Waals surface area (Å²) in [5, 5.41) is 0.230. The molecular formula is C15H10Cl3FO2. The van der Waals surface area contributed by atoms with Crippen LogP contribution in [0.25, 0.3) is 0 Å². The maximum absolute atomic E-state index is 13.9. The van der Waals surface area contributed by atoms with Crippen molar-refractivity contribution in [3.63, 3.8) is 0 Å². The normalized spacial score (nSPS) is 10.5. The number of halogens is 4. The van der Waals surface area contributed by atoms with Gasteiger partial charge in [-0.25, -0.2) is 4.39 Å². The molecule has 0 aliphatic rings. The molecule has 0 aromatic heterocycles. The SMILES string of the molecule is CCOc1cc(Cl)c(C(=O)c2cccc(Cl)c2F)cc1Cl. The van der Waals surface area contributed by atoms with E-state index in [2.05, 4.69) is 0 Å². The summed E-state index contributed by atoms with van der Waals surface area (Å²) in [6, 6.07) is 6.98. The van der Waals surface area contributed by atoms with Gasteiger partial charge in [-0.05, 0) is 25.1 Å². The number of ketones is 1. The predicted molar refractivity (Wildman–Crippen MR) is 82.5 cm³/mol. The van der Waals surface area contributed by atoms with Gasteiger partial charge in [-0.2, -0.15) is 0 Å². The van der Waals surface area contributed by atoms with E-state index in [-0.39, 0.29) is 26.2 Å². The lowest BCUT2D eigenvalue weighted by Crippen LogP contribution is -2.06. The van der Waals surface area contributed by atoms with Crippen LogP contribution in [0.4, 0.5) is 4.39 Å². The van der Waals surface area contributed by atoms with Crippen LogP contribution in [0.3, 0.4) is 0 Å². The highest BCUT2D eigenvalue weighted by atomic mass is 35.5. The minimum absolute atomic E-state index is 0.0892. The molecule has 0 amide bonds. The smallest absolute Gasteiger partial charge is 0.197 e. The van der Waals surface area contributed by atoms with E-state index in [1.165, 1.54) is 30.3 Å². The summed E-state index contributed by atoms with van der Waals surface area (Å²) >= 11 is 17.8. The summed E-state index contributed by atoms with van der Waals surface area (Å²) in [6.45, 7) is 2.21. The summed E-state index contributed by atoms with van der Waals surface area (Å²) in [7, 11) is 0. The molecule has 0 spiro atoms. The Kier molecular flexibility index (Phi) is 5.09. The van der Waals surface area contributed by atoms with Gasteiger partial charge < -0.3 is 4.74 Å². The second-order valence-corrected chi connectivity index (χ2v) is 5.35. The van der Waals surface area contributed by atoms with E-state index in [0.29, 0.717) is 12.4 Å². The molecule has 0 aliphatic heterocycles. The minimum Gasteiger partial charge on any atom is -0.492 e. The van der Waals surface area contributed by atoms with Crippen LogP contribution in [0.2, 0.25) is 15.1 Å². The van der Waals surface area contributed by atoms with Gasteiger partial charge in [-0.1, -0.05) is 40.9 Å². The molecule has 110 valence electrons. The van der Waals surface area contributed by atoms with Gasteiger partial charge in [0.05, 0.1) is 27.2 Å². The molecule has 0 saturated carbocycles. The van der Waals surface area contributed by atoms with Crippen molar-refractivity contribution >= 4 is 40.6 Å². The number of hydrogen-bond donors (Lipinski definition) is 0. The standard InChI is InChI=1S/C15H10Cl3FO2/c1-2-21-13-7-11(17)9(6-12(13)18)15(20)8-4-3-5-10(16)14(8)19/h3-7H,2H2,1H3. The van der Waals surface area contributed by atoms with Gasteiger partial charge in [-0.3, -0.25) is 4.79 Å². The lowest BCUT2D eigenvalue weighted by atomic mass is 10.0. The largest absolute Gasteiger partial charge is 0.492 e. The van der Waals surface area contributed by atoms with Gasteiger partial charge in [0.2, 0.25) is 0 Å². The molecule has 0 atom stereocenters. The first-order valence-corrected chi connectivity index (χ1v) is 7.19. The van der Waals surface area contributed by atoms with Gasteiger partial charge in [-0.15, -0.1) is 0 Å². The van der Waals surface area contributed by atoms with Gasteiger partial charge in [0, 0.05) is 11.6 Å². The molecule has 0 N–H and O–H groups in total. The van der Waals surface area contributed by atoms with Gasteiger partial charge in [0.15, 0.2) is 11.6 Å². The van der Waals surface area contributed by atoms with E-state index in [1.54, 1.807) is 6.92 Å². The van der Waals surface area contributed by atoms with E-state index >= 15 is 0 Å². The first-order valence-electron chi connectivity index (χ1n) is 6.06. The number of rotatable bonds is 4. The molecule has 0 fully saturated rings. The van der Waals surface area contributed by atoms with Crippen LogP contribution in [0.5, 0.6) is 5.75 Å². The second-order valence-electron chi connectivity index (χ2n) is 4.13. The fourth-order valence-electron chi connectivity index (χ4n) is 1.79. The maximum atomic E-state index is 13.9. The van der Waals surface area contributed by atoms with Crippen molar-refractivity contribution < 1.29 is 13.9 Å². The average Bonchev–Trinajstić information content (AvgIpc) is 2.45. The summed E-state index contributed by atoms with van der Waals surface area (Å²) in [6.07, 6.45) is 0. The van der Waals surface area contributed by atoms with E-state index in [1.807, 2.05) is 0 Å². The summed E-state index contributed by atoms with van der Waals surface area (Å²) in [4.78, 5) is 12.4. The highest BCUT2D eigenvalue weighted by Crippen LogP contribution is 2.33. The summed E-state index contributed by atoms with van der Waals surface area (Å²) < 4.78 is 19.2. The van der Waals surface area contributed by atoms with Crippen molar-refractivity contribution in [2.24, 2.45) is 0 Å². The maximum Gasteiger partial charge on any atom is 0.197 e. The van der Waals surface area contributed by atoms with E-state index in [4.69, 9.17) is 39.5 Å². The van der Waals surface area contributed by atoms with Crippen molar-refractivity contribution in [1.82, 2.24) is 0 Å². The van der Waals surface area contributed by atoms with Gasteiger partial charge in [0.25, 0.3) is 0 Å². The highest BCUT2D eigenvalue weighted by molar-refractivity contribution is 6.38. The monoisotopic (exact) mass is 346 g/mol. The third-order valence-electron chi connectivity index (χ3n) is 2.76. The first kappa shape index (κ1) is 16.1. The zero-order valence-electron chi connectivity index (χ0n) is 10.9.